The van der Waals surface area contributed by atoms with Crippen molar-refractivity contribution in [2.45, 2.75) is 6.61 Å². The maximum Gasteiger partial charge on any atom is 0.335 e. The van der Waals surface area contributed by atoms with E-state index >= 15 is 0 Å². The van der Waals surface area contributed by atoms with Crippen LogP contribution >= 0.6 is 11.6 Å². The number of hydrogen-bond acceptors (Lipinski definition) is 6. The minimum absolute atomic E-state index is 0.197. The number of anilines is 1. The van der Waals surface area contributed by atoms with Crippen molar-refractivity contribution in [2.75, 3.05) is 19.1 Å². The van der Waals surface area contributed by atoms with Gasteiger partial charge in [-0.3, -0.25) is 14.9 Å². The molecule has 1 fully saturated rings. The Labute approximate surface area is 206 Å². The van der Waals surface area contributed by atoms with E-state index in [-0.39, 0.29) is 5.57 Å². The van der Waals surface area contributed by atoms with Gasteiger partial charge >= 0.3 is 6.03 Å². The second-order valence-electron chi connectivity index (χ2n) is 7.48. The Morgan fingerprint density at radius 3 is 2.26 bits per heavy atom. The van der Waals surface area contributed by atoms with E-state index in [0.29, 0.717) is 40.1 Å². The van der Waals surface area contributed by atoms with Gasteiger partial charge in [0.1, 0.15) is 17.9 Å². The van der Waals surface area contributed by atoms with Crippen LogP contribution in [0.4, 0.5) is 10.5 Å². The zero-order chi connectivity index (χ0) is 24.9. The molecule has 178 valence electrons. The first-order chi connectivity index (χ1) is 16.9. The average molecular weight is 493 g/mol. The minimum atomic E-state index is -0.828. The standard InChI is InChI=1S/C26H21ClN2O6/c1-33-20-10-8-19(9-11-20)29-25(31)21(24(30)28-26(29)32)13-17-5-12-22(23(14-17)34-2)35-15-16-3-6-18(27)7-4-16/h3-14H,15H2,1-2H3,(H,28,30,32)/b21-13-. The van der Waals surface area contributed by atoms with Crippen LogP contribution in [0, 0.1) is 0 Å². The van der Waals surface area contributed by atoms with Crippen molar-refractivity contribution in [3.05, 3.63) is 88.5 Å². The highest BCUT2D eigenvalue weighted by molar-refractivity contribution is 6.39. The fourth-order valence-corrected chi connectivity index (χ4v) is 3.55. The van der Waals surface area contributed by atoms with Crippen LogP contribution in [-0.2, 0) is 16.2 Å². The van der Waals surface area contributed by atoms with Gasteiger partial charge in [-0.1, -0.05) is 29.8 Å². The fourth-order valence-electron chi connectivity index (χ4n) is 3.42. The molecule has 0 aromatic heterocycles. The molecule has 0 atom stereocenters. The van der Waals surface area contributed by atoms with Crippen LogP contribution in [0.5, 0.6) is 17.2 Å². The highest BCUT2D eigenvalue weighted by Crippen LogP contribution is 2.31. The van der Waals surface area contributed by atoms with Crippen LogP contribution in [0.25, 0.3) is 6.08 Å². The summed E-state index contributed by atoms with van der Waals surface area (Å²) in [5.74, 6) is -0.0622. The van der Waals surface area contributed by atoms with Crippen molar-refractivity contribution < 1.29 is 28.6 Å². The molecular formula is C26H21ClN2O6. The molecule has 0 spiro atoms. The number of imide groups is 2. The van der Waals surface area contributed by atoms with E-state index in [4.69, 9.17) is 25.8 Å². The molecule has 3 aromatic carbocycles. The van der Waals surface area contributed by atoms with Gasteiger partial charge in [0.05, 0.1) is 19.9 Å². The summed E-state index contributed by atoms with van der Waals surface area (Å²) in [6.45, 7) is 0.299. The Morgan fingerprint density at radius 2 is 1.60 bits per heavy atom. The summed E-state index contributed by atoms with van der Waals surface area (Å²) in [6.07, 6.45) is 1.39. The second-order valence-corrected chi connectivity index (χ2v) is 7.92. The van der Waals surface area contributed by atoms with Gasteiger partial charge < -0.3 is 14.2 Å². The van der Waals surface area contributed by atoms with E-state index in [1.807, 2.05) is 12.1 Å². The summed E-state index contributed by atoms with van der Waals surface area (Å²) in [4.78, 5) is 38.8. The lowest BCUT2D eigenvalue weighted by molar-refractivity contribution is -0.122. The van der Waals surface area contributed by atoms with Gasteiger partial charge in [0.25, 0.3) is 11.8 Å². The zero-order valence-electron chi connectivity index (χ0n) is 18.9. The Hall–Kier alpha value is -4.30. The molecular weight excluding hydrogens is 472 g/mol. The van der Waals surface area contributed by atoms with Crippen molar-refractivity contribution in [2.24, 2.45) is 0 Å². The maximum atomic E-state index is 13.1. The number of rotatable bonds is 7. The summed E-state index contributed by atoms with van der Waals surface area (Å²) < 4.78 is 16.4. The number of ether oxygens (including phenoxy) is 3. The predicted molar refractivity (Wildman–Crippen MR) is 131 cm³/mol. The molecule has 1 N–H and O–H groups in total. The quantitative estimate of drug-likeness (QED) is 0.382. The Bertz CT molecular complexity index is 1300. The van der Waals surface area contributed by atoms with E-state index < -0.39 is 17.8 Å². The number of barbiturate groups is 1. The fraction of sp³-hybridized carbons (Fsp3) is 0.115. The molecule has 1 aliphatic heterocycles. The van der Waals surface area contributed by atoms with E-state index in [0.717, 1.165) is 10.5 Å². The Kier molecular flexibility index (Phi) is 7.03. The van der Waals surface area contributed by atoms with Gasteiger partial charge in [0, 0.05) is 5.02 Å². The number of urea groups is 1. The Balaban J connectivity index is 1.57. The van der Waals surface area contributed by atoms with Crippen LogP contribution in [0.3, 0.4) is 0 Å². The molecule has 0 saturated carbocycles. The van der Waals surface area contributed by atoms with Gasteiger partial charge in [-0.15, -0.1) is 0 Å². The third-order valence-electron chi connectivity index (χ3n) is 5.24. The van der Waals surface area contributed by atoms with Crippen LogP contribution in [-0.4, -0.2) is 32.1 Å². The number of nitrogens with one attached hydrogen (secondary N) is 1. The zero-order valence-corrected chi connectivity index (χ0v) is 19.7. The first-order valence-electron chi connectivity index (χ1n) is 10.5. The lowest BCUT2D eigenvalue weighted by atomic mass is 10.1. The van der Waals surface area contributed by atoms with Gasteiger partial charge in [0.2, 0.25) is 0 Å². The smallest absolute Gasteiger partial charge is 0.335 e. The van der Waals surface area contributed by atoms with Crippen molar-refractivity contribution >= 4 is 41.2 Å². The molecule has 8 nitrogen and oxygen atoms in total. The summed E-state index contributed by atoms with van der Waals surface area (Å²) in [7, 11) is 3.00. The highest BCUT2D eigenvalue weighted by atomic mass is 35.5. The van der Waals surface area contributed by atoms with E-state index in [9.17, 15) is 14.4 Å². The summed E-state index contributed by atoms with van der Waals surface area (Å²) in [5.41, 5.74) is 1.55. The SMILES string of the molecule is COc1ccc(N2C(=O)NC(=O)/C(=C/c3ccc(OCc4ccc(Cl)cc4)c(OC)c3)C2=O)cc1. The lowest BCUT2D eigenvalue weighted by Crippen LogP contribution is -2.54. The largest absolute Gasteiger partial charge is 0.497 e. The maximum absolute atomic E-state index is 13.1. The molecule has 4 rings (SSSR count). The van der Waals surface area contributed by atoms with Gasteiger partial charge in [-0.05, 0) is 65.7 Å². The first-order valence-corrected chi connectivity index (χ1v) is 10.9. The average Bonchev–Trinajstić information content (AvgIpc) is 2.86. The van der Waals surface area contributed by atoms with Gasteiger partial charge in [-0.25, -0.2) is 9.69 Å². The van der Waals surface area contributed by atoms with E-state index in [2.05, 4.69) is 5.32 Å². The second kappa shape index (κ2) is 10.3. The van der Waals surface area contributed by atoms with Crippen molar-refractivity contribution in [3.63, 3.8) is 0 Å². The number of methoxy groups -OCH3 is 2. The van der Waals surface area contributed by atoms with Crippen molar-refractivity contribution in [1.29, 1.82) is 0 Å². The number of amides is 4. The van der Waals surface area contributed by atoms with Gasteiger partial charge in [-0.2, -0.15) is 0 Å². The molecule has 0 aliphatic carbocycles. The predicted octanol–water partition coefficient (Wildman–Crippen LogP) is 4.60. The number of carbonyl (C=O) groups excluding carboxylic acids is 3. The summed E-state index contributed by atoms with van der Waals surface area (Å²) in [6, 6.07) is 17.8. The molecule has 4 amide bonds. The molecule has 1 heterocycles. The topological polar surface area (TPSA) is 94.2 Å². The first kappa shape index (κ1) is 23.8. The Morgan fingerprint density at radius 1 is 0.886 bits per heavy atom. The van der Waals surface area contributed by atoms with Crippen LogP contribution < -0.4 is 24.4 Å². The number of carbonyl (C=O) groups is 3. The van der Waals surface area contributed by atoms with Crippen LogP contribution in [0.15, 0.2) is 72.3 Å². The third kappa shape index (κ3) is 5.28. The van der Waals surface area contributed by atoms with Crippen molar-refractivity contribution in [1.82, 2.24) is 5.32 Å². The molecule has 9 heteroatoms. The molecule has 35 heavy (non-hydrogen) atoms. The van der Waals surface area contributed by atoms with E-state index in [1.165, 1.54) is 20.3 Å². The van der Waals surface area contributed by atoms with Crippen molar-refractivity contribution in [3.8, 4) is 17.2 Å². The normalized spacial score (nSPS) is 14.7. The van der Waals surface area contributed by atoms with Crippen LogP contribution in [0.2, 0.25) is 5.02 Å². The number of benzene rings is 3. The highest BCUT2D eigenvalue weighted by Gasteiger charge is 2.36. The molecule has 0 bridgehead atoms. The van der Waals surface area contributed by atoms with Gasteiger partial charge in [0.15, 0.2) is 11.5 Å². The molecule has 3 aromatic rings. The summed E-state index contributed by atoms with van der Waals surface area (Å²) >= 11 is 5.91. The molecule has 0 radical (unpaired) electrons. The van der Waals surface area contributed by atoms with E-state index in [1.54, 1.807) is 54.6 Å². The molecule has 0 unspecified atom stereocenters. The monoisotopic (exact) mass is 492 g/mol. The van der Waals surface area contributed by atoms with Crippen LogP contribution in [0.1, 0.15) is 11.1 Å². The number of hydrogen-bond donors (Lipinski definition) is 1. The number of halogens is 1. The minimum Gasteiger partial charge on any atom is -0.497 e. The number of nitrogens with zero attached hydrogens (tertiary/aromatic N) is 1. The summed E-state index contributed by atoms with van der Waals surface area (Å²) in [5, 5.41) is 2.84. The third-order valence-corrected chi connectivity index (χ3v) is 5.49. The molecule has 1 saturated heterocycles. The lowest BCUT2D eigenvalue weighted by Gasteiger charge is -2.26. The molecule has 1 aliphatic rings.